The summed E-state index contributed by atoms with van der Waals surface area (Å²) < 4.78 is 19.4. The first-order chi connectivity index (χ1) is 14.5. The van der Waals surface area contributed by atoms with E-state index in [1.165, 1.54) is 34.3 Å². The Hall–Kier alpha value is -2.86. The van der Waals surface area contributed by atoms with Crippen molar-refractivity contribution in [3.8, 4) is 0 Å². The fourth-order valence-electron chi connectivity index (χ4n) is 4.79. The lowest BCUT2D eigenvalue weighted by molar-refractivity contribution is -0.0948. The van der Waals surface area contributed by atoms with Crippen molar-refractivity contribution < 1.29 is 13.9 Å². The molecule has 30 heavy (non-hydrogen) atoms. The number of aromatic amines is 1. The fourth-order valence-corrected chi connectivity index (χ4v) is 4.79. The molecule has 2 aliphatic rings. The summed E-state index contributed by atoms with van der Waals surface area (Å²) in [6.45, 7) is 4.51. The maximum Gasteiger partial charge on any atom is 0.317 e. The van der Waals surface area contributed by atoms with Gasteiger partial charge in [0.25, 0.3) is 0 Å². The van der Waals surface area contributed by atoms with E-state index < -0.39 is 0 Å². The van der Waals surface area contributed by atoms with Crippen molar-refractivity contribution >= 4 is 16.9 Å². The molecule has 1 spiro atoms. The van der Waals surface area contributed by atoms with E-state index in [1.54, 1.807) is 12.1 Å². The van der Waals surface area contributed by atoms with Gasteiger partial charge in [0.05, 0.1) is 12.3 Å². The molecule has 3 aromatic rings. The number of nitrogens with one attached hydrogen (secondary N) is 2. The molecule has 0 bridgehead atoms. The number of fused-ring (bicyclic) bond motifs is 4. The summed E-state index contributed by atoms with van der Waals surface area (Å²) in [5, 5.41) is 4.24. The van der Waals surface area contributed by atoms with Gasteiger partial charge in [-0.2, -0.15) is 0 Å². The summed E-state index contributed by atoms with van der Waals surface area (Å²) in [6.07, 6.45) is 2.47. The molecular weight excluding hydrogens is 381 g/mol. The Morgan fingerprint density at radius 1 is 1.20 bits per heavy atom. The molecule has 5 nitrogen and oxygen atoms in total. The van der Waals surface area contributed by atoms with Gasteiger partial charge in [-0.3, -0.25) is 0 Å². The number of halogens is 1. The average Bonchev–Trinajstić information content (AvgIpc) is 3.13. The van der Waals surface area contributed by atoms with Gasteiger partial charge < -0.3 is 19.9 Å². The van der Waals surface area contributed by atoms with Gasteiger partial charge in [0.15, 0.2) is 0 Å². The number of aromatic nitrogens is 1. The lowest BCUT2D eigenvalue weighted by atomic mass is 9.83. The minimum absolute atomic E-state index is 0.0857. The quantitative estimate of drug-likeness (QED) is 0.662. The highest BCUT2D eigenvalue weighted by atomic mass is 19.1. The van der Waals surface area contributed by atoms with Crippen LogP contribution in [0.3, 0.4) is 0 Å². The fraction of sp³-hybridized carbons (Fsp3) is 0.375. The maximum atomic E-state index is 13.0. The molecule has 5 rings (SSSR count). The molecule has 6 heteroatoms. The smallest absolute Gasteiger partial charge is 0.317 e. The summed E-state index contributed by atoms with van der Waals surface area (Å²) in [7, 11) is 0. The number of hydrogen-bond acceptors (Lipinski definition) is 2. The van der Waals surface area contributed by atoms with Crippen molar-refractivity contribution in [3.05, 3.63) is 70.7 Å². The normalized spacial score (nSPS) is 17.9. The Labute approximate surface area is 175 Å². The third kappa shape index (κ3) is 3.35. The van der Waals surface area contributed by atoms with Gasteiger partial charge in [-0.05, 0) is 61.6 Å². The van der Waals surface area contributed by atoms with Gasteiger partial charge in [-0.15, -0.1) is 0 Å². The van der Waals surface area contributed by atoms with Crippen LogP contribution in [0.4, 0.5) is 9.18 Å². The average molecular weight is 407 g/mol. The zero-order valence-electron chi connectivity index (χ0n) is 17.1. The van der Waals surface area contributed by atoms with Crippen LogP contribution in [0, 0.1) is 12.7 Å². The number of urea groups is 1. The van der Waals surface area contributed by atoms with E-state index in [0.29, 0.717) is 26.2 Å². The van der Waals surface area contributed by atoms with Crippen LogP contribution in [0.2, 0.25) is 0 Å². The third-order valence-corrected chi connectivity index (χ3v) is 6.46. The summed E-state index contributed by atoms with van der Waals surface area (Å²) >= 11 is 0. The second-order valence-corrected chi connectivity index (χ2v) is 8.39. The number of benzene rings is 2. The minimum atomic E-state index is -0.339. The number of H-pyrrole nitrogens is 1. The number of ether oxygens (including phenoxy) is 1. The van der Waals surface area contributed by atoms with Crippen LogP contribution in [-0.2, 0) is 23.3 Å². The predicted molar refractivity (Wildman–Crippen MR) is 114 cm³/mol. The molecule has 2 N–H and O–H groups in total. The summed E-state index contributed by atoms with van der Waals surface area (Å²) in [5.74, 6) is -0.273. The molecule has 0 atom stereocenters. The number of carbonyl (C=O) groups excluding carboxylic acids is 1. The largest absolute Gasteiger partial charge is 0.368 e. The van der Waals surface area contributed by atoms with Gasteiger partial charge in [-0.1, -0.05) is 23.8 Å². The van der Waals surface area contributed by atoms with Crippen LogP contribution >= 0.6 is 0 Å². The molecule has 2 aliphatic heterocycles. The van der Waals surface area contributed by atoms with Crippen molar-refractivity contribution in [1.29, 1.82) is 0 Å². The lowest BCUT2D eigenvalue weighted by Crippen LogP contribution is -2.50. The Morgan fingerprint density at radius 2 is 1.97 bits per heavy atom. The van der Waals surface area contributed by atoms with Crippen LogP contribution < -0.4 is 5.32 Å². The molecule has 0 aliphatic carbocycles. The highest BCUT2D eigenvalue weighted by Gasteiger charge is 2.43. The van der Waals surface area contributed by atoms with E-state index in [0.717, 1.165) is 30.3 Å². The first kappa shape index (κ1) is 19.1. The number of carbonyl (C=O) groups is 1. The molecule has 3 heterocycles. The number of piperidine rings is 1. The SMILES string of the molecule is Cc1ccc2[nH]c3c(c2c1)CCOC31CCN(C(=O)NCc2ccc(F)cc2)CC1. The highest BCUT2D eigenvalue weighted by Crippen LogP contribution is 2.43. The summed E-state index contributed by atoms with van der Waals surface area (Å²) in [6, 6.07) is 12.6. The van der Waals surface area contributed by atoms with E-state index in [9.17, 15) is 9.18 Å². The molecule has 0 unspecified atom stereocenters. The van der Waals surface area contributed by atoms with Gasteiger partial charge in [0, 0.05) is 30.5 Å². The predicted octanol–water partition coefficient (Wildman–Crippen LogP) is 4.39. The monoisotopic (exact) mass is 407 g/mol. The van der Waals surface area contributed by atoms with Crippen LogP contribution in [0.5, 0.6) is 0 Å². The van der Waals surface area contributed by atoms with Gasteiger partial charge >= 0.3 is 6.03 Å². The molecule has 0 radical (unpaired) electrons. The van der Waals surface area contributed by atoms with Gasteiger partial charge in [-0.25, -0.2) is 9.18 Å². The summed E-state index contributed by atoms with van der Waals surface area (Å²) in [4.78, 5) is 18.1. The molecular formula is C24H26FN3O2. The highest BCUT2D eigenvalue weighted by molar-refractivity contribution is 5.86. The maximum absolute atomic E-state index is 13.0. The van der Waals surface area contributed by atoms with Crippen molar-refractivity contribution in [2.24, 2.45) is 0 Å². The molecule has 2 amide bonds. The van der Waals surface area contributed by atoms with E-state index in [4.69, 9.17) is 4.74 Å². The van der Waals surface area contributed by atoms with Crippen molar-refractivity contribution in [3.63, 3.8) is 0 Å². The molecule has 1 saturated heterocycles. The number of aryl methyl sites for hydroxylation is 1. The van der Waals surface area contributed by atoms with Crippen LogP contribution in [-0.4, -0.2) is 35.6 Å². The minimum Gasteiger partial charge on any atom is -0.368 e. The second-order valence-electron chi connectivity index (χ2n) is 8.39. The molecule has 2 aromatic carbocycles. The molecule has 1 aromatic heterocycles. The van der Waals surface area contributed by atoms with E-state index >= 15 is 0 Å². The number of rotatable bonds is 2. The topological polar surface area (TPSA) is 57.4 Å². The Bertz CT molecular complexity index is 1080. The zero-order valence-corrected chi connectivity index (χ0v) is 17.1. The van der Waals surface area contributed by atoms with E-state index in [1.807, 2.05) is 4.90 Å². The van der Waals surface area contributed by atoms with E-state index in [2.05, 4.69) is 35.4 Å². The Morgan fingerprint density at radius 3 is 2.73 bits per heavy atom. The molecule has 0 saturated carbocycles. The first-order valence-electron chi connectivity index (χ1n) is 10.6. The van der Waals surface area contributed by atoms with Crippen molar-refractivity contribution in [2.45, 2.75) is 38.3 Å². The summed E-state index contributed by atoms with van der Waals surface area (Å²) in [5.41, 5.74) is 5.53. The van der Waals surface area contributed by atoms with Crippen molar-refractivity contribution in [2.75, 3.05) is 19.7 Å². The van der Waals surface area contributed by atoms with E-state index in [-0.39, 0.29) is 17.4 Å². The van der Waals surface area contributed by atoms with Gasteiger partial charge in [0.1, 0.15) is 11.4 Å². The standard InChI is InChI=1S/C24H26FN3O2/c1-16-2-7-21-20(14-16)19-8-13-30-24(22(19)27-21)9-11-28(12-10-24)23(29)26-15-17-3-5-18(25)6-4-17/h2-7,14,27H,8-13,15H2,1H3,(H,26,29). The second kappa shape index (κ2) is 7.43. The first-order valence-corrected chi connectivity index (χ1v) is 10.6. The van der Waals surface area contributed by atoms with Crippen LogP contribution in [0.1, 0.15) is 35.2 Å². The van der Waals surface area contributed by atoms with Crippen molar-refractivity contribution in [1.82, 2.24) is 15.2 Å². The number of amides is 2. The van der Waals surface area contributed by atoms with Gasteiger partial charge in [0.2, 0.25) is 0 Å². The number of nitrogens with zero attached hydrogens (tertiary/aromatic N) is 1. The molecule has 156 valence electrons. The lowest BCUT2D eigenvalue weighted by Gasteiger charge is -2.43. The zero-order chi connectivity index (χ0) is 20.7. The number of hydrogen-bond donors (Lipinski definition) is 2. The Balaban J connectivity index is 1.28. The third-order valence-electron chi connectivity index (χ3n) is 6.46. The molecule has 1 fully saturated rings. The van der Waals surface area contributed by atoms with Crippen LogP contribution in [0.25, 0.3) is 10.9 Å². The number of likely N-dealkylation sites (tertiary alicyclic amines) is 1. The van der Waals surface area contributed by atoms with Crippen LogP contribution in [0.15, 0.2) is 42.5 Å². The Kier molecular flexibility index (Phi) is 4.74.